The van der Waals surface area contributed by atoms with Gasteiger partial charge in [0.1, 0.15) is 0 Å². The molecule has 0 aliphatic carbocycles. The normalized spacial score (nSPS) is 11.2. The summed E-state index contributed by atoms with van der Waals surface area (Å²) in [5.74, 6) is 0.942. The van der Waals surface area contributed by atoms with Gasteiger partial charge in [0.2, 0.25) is 0 Å². The van der Waals surface area contributed by atoms with Gasteiger partial charge in [0.05, 0.1) is 23.4 Å². The first-order valence-corrected chi connectivity index (χ1v) is 7.34. The first-order valence-electron chi connectivity index (χ1n) is 5.52. The number of hydrogen-bond acceptors (Lipinski definition) is 6. The van der Waals surface area contributed by atoms with Gasteiger partial charge in [0.25, 0.3) is 0 Å². The van der Waals surface area contributed by atoms with Crippen molar-refractivity contribution in [2.45, 2.75) is 13.1 Å². The van der Waals surface area contributed by atoms with Crippen LogP contribution >= 0.6 is 22.7 Å². The van der Waals surface area contributed by atoms with Crippen LogP contribution in [0.1, 0.15) is 11.4 Å². The fourth-order valence-electron chi connectivity index (χ4n) is 1.95. The number of nitrogens with two attached hydrogens (primary N) is 1. The van der Waals surface area contributed by atoms with Crippen LogP contribution in [0.15, 0.2) is 22.5 Å². The zero-order chi connectivity index (χ0) is 12.5. The number of rotatable bonds is 4. The average Bonchev–Trinajstić information content (AvgIpc) is 3.03. The van der Waals surface area contributed by atoms with Crippen LogP contribution in [0.5, 0.6) is 0 Å². The number of aromatic nitrogens is 3. The molecule has 18 heavy (non-hydrogen) atoms. The molecule has 0 saturated heterocycles. The maximum atomic E-state index is 5.84. The second-order valence-corrected chi connectivity index (χ2v) is 5.57. The number of fused-ring (bicyclic) bond motifs is 1. The molecule has 7 heteroatoms. The summed E-state index contributed by atoms with van der Waals surface area (Å²) in [4.78, 5) is 12.0. The Morgan fingerprint density at radius 3 is 3.11 bits per heavy atom. The van der Waals surface area contributed by atoms with Crippen LogP contribution < -0.4 is 10.6 Å². The lowest BCUT2D eigenvalue weighted by Crippen LogP contribution is -2.19. The summed E-state index contributed by atoms with van der Waals surface area (Å²) < 4.78 is 2.05. The molecule has 3 heterocycles. The Morgan fingerprint density at radius 2 is 2.39 bits per heavy atom. The van der Waals surface area contributed by atoms with Gasteiger partial charge in [-0.2, -0.15) is 0 Å². The molecule has 3 rings (SSSR count). The minimum atomic E-state index is 0.481. The summed E-state index contributed by atoms with van der Waals surface area (Å²) in [5, 5.41) is 4.07. The standard InChI is InChI=1S/C11H13N5S2/c1-15(5-8-6-17-7-13-8)10-9(4-12)16-2-3-18-11(16)14-10/h2-3,6-7H,4-5,12H2,1H3. The molecule has 0 atom stereocenters. The predicted molar refractivity (Wildman–Crippen MR) is 75.2 cm³/mol. The van der Waals surface area contributed by atoms with Crippen molar-refractivity contribution in [1.29, 1.82) is 0 Å². The summed E-state index contributed by atoms with van der Waals surface area (Å²) in [6.45, 7) is 1.23. The maximum absolute atomic E-state index is 5.84. The molecule has 5 nitrogen and oxygen atoms in total. The Bertz CT molecular complexity index is 640. The van der Waals surface area contributed by atoms with Crippen molar-refractivity contribution in [3.8, 4) is 0 Å². The minimum absolute atomic E-state index is 0.481. The fourth-order valence-corrected chi connectivity index (χ4v) is 3.23. The van der Waals surface area contributed by atoms with Crippen LogP contribution in [0.4, 0.5) is 5.82 Å². The van der Waals surface area contributed by atoms with Gasteiger partial charge < -0.3 is 10.6 Å². The summed E-state index contributed by atoms with van der Waals surface area (Å²) >= 11 is 3.23. The Hall–Kier alpha value is -1.44. The van der Waals surface area contributed by atoms with Crippen molar-refractivity contribution in [1.82, 2.24) is 14.4 Å². The second kappa shape index (κ2) is 4.68. The molecule has 94 valence electrons. The third kappa shape index (κ3) is 1.90. The molecule has 0 aliphatic rings. The second-order valence-electron chi connectivity index (χ2n) is 3.98. The van der Waals surface area contributed by atoms with Gasteiger partial charge in [-0.1, -0.05) is 0 Å². The van der Waals surface area contributed by atoms with E-state index in [1.165, 1.54) is 0 Å². The number of anilines is 1. The highest BCUT2D eigenvalue weighted by molar-refractivity contribution is 7.15. The van der Waals surface area contributed by atoms with Crippen LogP contribution in [0, 0.1) is 0 Å². The van der Waals surface area contributed by atoms with E-state index < -0.39 is 0 Å². The Balaban J connectivity index is 1.95. The highest BCUT2D eigenvalue weighted by Crippen LogP contribution is 2.24. The van der Waals surface area contributed by atoms with Gasteiger partial charge in [0, 0.05) is 30.5 Å². The molecule has 3 aromatic heterocycles. The third-order valence-electron chi connectivity index (χ3n) is 2.78. The molecule has 0 amide bonds. The zero-order valence-corrected chi connectivity index (χ0v) is 11.5. The Kier molecular flexibility index (Phi) is 3.02. The van der Waals surface area contributed by atoms with E-state index >= 15 is 0 Å². The van der Waals surface area contributed by atoms with Crippen molar-refractivity contribution >= 4 is 33.5 Å². The van der Waals surface area contributed by atoms with Gasteiger partial charge in [-0.05, 0) is 0 Å². The molecule has 3 aromatic rings. The van der Waals surface area contributed by atoms with E-state index in [1.54, 1.807) is 22.7 Å². The van der Waals surface area contributed by atoms with E-state index in [1.807, 2.05) is 24.1 Å². The predicted octanol–water partition coefficient (Wildman–Crippen LogP) is 1.95. The van der Waals surface area contributed by atoms with Crippen LogP contribution in [0.25, 0.3) is 4.96 Å². The summed E-state index contributed by atoms with van der Waals surface area (Å²) in [6.07, 6.45) is 2.01. The smallest absolute Gasteiger partial charge is 0.195 e. The molecule has 0 aliphatic heterocycles. The van der Waals surface area contributed by atoms with E-state index in [4.69, 9.17) is 5.73 Å². The summed E-state index contributed by atoms with van der Waals surface area (Å²) in [7, 11) is 2.02. The number of thiazole rings is 2. The molecule has 2 N–H and O–H groups in total. The van der Waals surface area contributed by atoms with E-state index in [0.29, 0.717) is 6.54 Å². The molecule has 0 saturated carbocycles. The molecular formula is C11H13N5S2. The highest BCUT2D eigenvalue weighted by Gasteiger charge is 2.15. The fraction of sp³-hybridized carbons (Fsp3) is 0.273. The first-order chi connectivity index (χ1) is 8.79. The summed E-state index contributed by atoms with van der Waals surface area (Å²) in [6, 6.07) is 0. The van der Waals surface area contributed by atoms with Crippen molar-refractivity contribution in [2.75, 3.05) is 11.9 Å². The van der Waals surface area contributed by atoms with E-state index in [0.717, 1.165) is 28.7 Å². The van der Waals surface area contributed by atoms with Gasteiger partial charge in [-0.3, -0.25) is 4.40 Å². The van der Waals surface area contributed by atoms with E-state index in [9.17, 15) is 0 Å². The van der Waals surface area contributed by atoms with Crippen molar-refractivity contribution < 1.29 is 0 Å². The van der Waals surface area contributed by atoms with Crippen LogP contribution in [0.2, 0.25) is 0 Å². The first kappa shape index (κ1) is 11.6. The maximum Gasteiger partial charge on any atom is 0.195 e. The van der Waals surface area contributed by atoms with Gasteiger partial charge in [-0.15, -0.1) is 22.7 Å². The summed E-state index contributed by atoms with van der Waals surface area (Å²) in [5.41, 5.74) is 9.78. The lowest BCUT2D eigenvalue weighted by Gasteiger charge is -2.16. The monoisotopic (exact) mass is 279 g/mol. The van der Waals surface area contributed by atoms with Crippen LogP contribution in [0.3, 0.4) is 0 Å². The molecule has 0 bridgehead atoms. The topological polar surface area (TPSA) is 59.5 Å². The average molecular weight is 279 g/mol. The Labute approximate surface area is 113 Å². The largest absolute Gasteiger partial charge is 0.352 e. The Morgan fingerprint density at radius 1 is 1.50 bits per heavy atom. The van der Waals surface area contributed by atoms with Crippen molar-refractivity contribution in [3.05, 3.63) is 33.9 Å². The third-order valence-corrected chi connectivity index (χ3v) is 4.17. The van der Waals surface area contributed by atoms with E-state index in [-0.39, 0.29) is 0 Å². The van der Waals surface area contributed by atoms with E-state index in [2.05, 4.69) is 24.6 Å². The highest BCUT2D eigenvalue weighted by atomic mass is 32.1. The molecule has 0 aromatic carbocycles. The SMILES string of the molecule is CN(Cc1cscn1)c1nc2sccn2c1CN. The molecular weight excluding hydrogens is 266 g/mol. The molecule has 0 radical (unpaired) electrons. The lowest BCUT2D eigenvalue weighted by molar-refractivity contribution is 0.856. The number of hydrogen-bond donors (Lipinski definition) is 1. The van der Waals surface area contributed by atoms with Gasteiger partial charge in [-0.25, -0.2) is 9.97 Å². The van der Waals surface area contributed by atoms with Crippen molar-refractivity contribution in [3.63, 3.8) is 0 Å². The zero-order valence-electron chi connectivity index (χ0n) is 9.91. The lowest BCUT2D eigenvalue weighted by atomic mass is 10.3. The number of nitrogens with zero attached hydrogens (tertiary/aromatic N) is 4. The molecule has 0 unspecified atom stereocenters. The minimum Gasteiger partial charge on any atom is -0.352 e. The molecule has 0 fully saturated rings. The van der Waals surface area contributed by atoms with Crippen LogP contribution in [-0.2, 0) is 13.1 Å². The molecule has 0 spiro atoms. The van der Waals surface area contributed by atoms with Crippen molar-refractivity contribution in [2.24, 2.45) is 5.73 Å². The van der Waals surface area contributed by atoms with Crippen LogP contribution in [-0.4, -0.2) is 21.4 Å². The van der Waals surface area contributed by atoms with Gasteiger partial charge >= 0.3 is 0 Å². The number of imidazole rings is 1. The van der Waals surface area contributed by atoms with Gasteiger partial charge in [0.15, 0.2) is 10.8 Å². The quantitative estimate of drug-likeness (QED) is 0.793.